The molecule has 1 aliphatic rings. The van der Waals surface area contributed by atoms with Crippen molar-refractivity contribution < 1.29 is 4.79 Å². The largest absolute Gasteiger partial charge is 0.274 e. The van der Waals surface area contributed by atoms with E-state index in [0.717, 1.165) is 23.7 Å². The van der Waals surface area contributed by atoms with Crippen LogP contribution >= 0.6 is 11.6 Å². The first kappa shape index (κ1) is 10.8. The van der Waals surface area contributed by atoms with Gasteiger partial charge in [0.2, 0.25) is 0 Å². The number of nitrogens with zero attached hydrogens (tertiary/aromatic N) is 2. The summed E-state index contributed by atoms with van der Waals surface area (Å²) in [5.41, 5.74) is 1.40. The third kappa shape index (κ3) is 1.75. The van der Waals surface area contributed by atoms with E-state index >= 15 is 0 Å². The van der Waals surface area contributed by atoms with E-state index in [-0.39, 0.29) is 0 Å². The van der Waals surface area contributed by atoms with Gasteiger partial charge >= 0.3 is 0 Å². The van der Waals surface area contributed by atoms with Gasteiger partial charge in [-0.1, -0.05) is 31.0 Å². The number of halogens is 1. The van der Waals surface area contributed by atoms with Crippen LogP contribution in [0, 0.1) is 0 Å². The Morgan fingerprint density at radius 1 is 1.29 bits per heavy atom. The Balaban J connectivity index is 2.20. The number of hydrogen-bond acceptors (Lipinski definition) is 2. The van der Waals surface area contributed by atoms with Crippen molar-refractivity contribution >= 4 is 27.7 Å². The molecule has 0 saturated heterocycles. The maximum absolute atomic E-state index is 11.4. The van der Waals surface area contributed by atoms with Crippen molar-refractivity contribution in [1.82, 2.24) is 9.78 Å². The molecule has 1 saturated carbocycles. The zero-order chi connectivity index (χ0) is 11.8. The molecule has 0 aliphatic heterocycles. The number of carbonyl (C=O) groups is 1. The third-order valence-electron chi connectivity index (χ3n) is 3.47. The average molecular weight is 249 g/mol. The normalized spacial score (nSPS) is 16.8. The van der Waals surface area contributed by atoms with Gasteiger partial charge in [-0.25, -0.2) is 0 Å². The molecule has 1 aromatic carbocycles. The Morgan fingerprint density at radius 2 is 2.00 bits per heavy atom. The second-order valence-electron chi connectivity index (χ2n) is 4.52. The summed E-state index contributed by atoms with van der Waals surface area (Å²) in [5.74, 6) is 0. The van der Waals surface area contributed by atoms with E-state index in [9.17, 15) is 4.79 Å². The van der Waals surface area contributed by atoms with Gasteiger partial charge in [0.05, 0.1) is 11.6 Å². The summed E-state index contributed by atoms with van der Waals surface area (Å²) < 4.78 is 1.98. The van der Waals surface area contributed by atoms with Crippen LogP contribution in [0.1, 0.15) is 42.2 Å². The summed E-state index contributed by atoms with van der Waals surface area (Å²) in [6.45, 7) is 0. The highest BCUT2D eigenvalue weighted by molar-refractivity contribution is 6.68. The summed E-state index contributed by atoms with van der Waals surface area (Å²) in [5, 5.41) is 4.79. The lowest BCUT2D eigenvalue weighted by molar-refractivity contribution is 0.107. The van der Waals surface area contributed by atoms with Gasteiger partial charge in [-0.15, -0.1) is 0 Å². The van der Waals surface area contributed by atoms with Crippen LogP contribution in [0.25, 0.3) is 10.9 Å². The molecule has 3 rings (SSSR count). The summed E-state index contributed by atoms with van der Waals surface area (Å²) in [6.07, 6.45) is 4.76. The van der Waals surface area contributed by atoms with Crippen LogP contribution in [-0.2, 0) is 0 Å². The van der Waals surface area contributed by atoms with Gasteiger partial charge < -0.3 is 0 Å². The van der Waals surface area contributed by atoms with Gasteiger partial charge in [0.1, 0.15) is 0 Å². The lowest BCUT2D eigenvalue weighted by Gasteiger charge is -2.10. The summed E-state index contributed by atoms with van der Waals surface area (Å²) in [7, 11) is 0. The molecule has 1 aliphatic carbocycles. The van der Waals surface area contributed by atoms with Gasteiger partial charge in [0.25, 0.3) is 5.24 Å². The Kier molecular flexibility index (Phi) is 2.63. The van der Waals surface area contributed by atoms with Crippen LogP contribution in [0.5, 0.6) is 0 Å². The van der Waals surface area contributed by atoms with E-state index in [0.29, 0.717) is 11.7 Å². The highest BCUT2D eigenvalue weighted by Gasteiger charge is 2.22. The van der Waals surface area contributed by atoms with Crippen molar-refractivity contribution in [3.8, 4) is 0 Å². The minimum Gasteiger partial charge on any atom is -0.274 e. The van der Waals surface area contributed by atoms with E-state index in [1.165, 1.54) is 12.8 Å². The van der Waals surface area contributed by atoms with Gasteiger partial charge in [0.15, 0.2) is 5.69 Å². The third-order valence-corrected chi connectivity index (χ3v) is 3.65. The first-order chi connectivity index (χ1) is 8.27. The molecule has 0 atom stereocenters. The highest BCUT2D eigenvalue weighted by Crippen LogP contribution is 2.32. The molecule has 3 nitrogen and oxygen atoms in total. The fourth-order valence-electron chi connectivity index (χ4n) is 2.66. The highest BCUT2D eigenvalue weighted by atomic mass is 35.5. The molecule has 1 fully saturated rings. The Labute approximate surface area is 104 Å². The summed E-state index contributed by atoms with van der Waals surface area (Å²) in [4.78, 5) is 11.4. The van der Waals surface area contributed by atoms with E-state index < -0.39 is 5.24 Å². The molecule has 1 heterocycles. The maximum atomic E-state index is 11.4. The van der Waals surface area contributed by atoms with Crippen molar-refractivity contribution in [3.05, 3.63) is 30.0 Å². The topological polar surface area (TPSA) is 34.9 Å². The molecule has 0 amide bonds. The molecule has 17 heavy (non-hydrogen) atoms. The Morgan fingerprint density at radius 3 is 2.71 bits per heavy atom. The predicted molar refractivity (Wildman–Crippen MR) is 67.4 cm³/mol. The van der Waals surface area contributed by atoms with Crippen LogP contribution in [0.3, 0.4) is 0 Å². The number of benzene rings is 1. The molecule has 0 bridgehead atoms. The smallest absolute Gasteiger partial charge is 0.273 e. The molecular formula is C13H13ClN2O. The zero-order valence-electron chi connectivity index (χ0n) is 9.40. The fraction of sp³-hybridized carbons (Fsp3) is 0.385. The monoisotopic (exact) mass is 248 g/mol. The number of para-hydroxylation sites is 1. The second kappa shape index (κ2) is 4.15. The van der Waals surface area contributed by atoms with Crippen LogP contribution < -0.4 is 0 Å². The molecular weight excluding hydrogens is 236 g/mol. The molecule has 0 N–H and O–H groups in total. The zero-order valence-corrected chi connectivity index (χ0v) is 10.2. The predicted octanol–water partition coefficient (Wildman–Crippen LogP) is 3.53. The van der Waals surface area contributed by atoms with Crippen molar-refractivity contribution in [3.63, 3.8) is 0 Å². The van der Waals surface area contributed by atoms with Crippen molar-refractivity contribution in [2.45, 2.75) is 31.7 Å². The molecule has 2 aromatic rings. The quantitative estimate of drug-likeness (QED) is 0.762. The molecule has 88 valence electrons. The van der Waals surface area contributed by atoms with Gasteiger partial charge in [-0.05, 0) is 30.5 Å². The molecule has 4 heteroatoms. The van der Waals surface area contributed by atoms with E-state index in [2.05, 4.69) is 5.10 Å². The minimum atomic E-state index is -0.474. The first-order valence-electron chi connectivity index (χ1n) is 5.94. The maximum Gasteiger partial charge on any atom is 0.273 e. The number of rotatable bonds is 2. The molecule has 0 spiro atoms. The van der Waals surface area contributed by atoms with Gasteiger partial charge in [-0.2, -0.15) is 5.10 Å². The lowest BCUT2D eigenvalue weighted by atomic mass is 10.2. The van der Waals surface area contributed by atoms with Gasteiger partial charge in [-0.3, -0.25) is 9.48 Å². The number of hydrogen-bond donors (Lipinski definition) is 0. The molecule has 0 radical (unpaired) electrons. The summed E-state index contributed by atoms with van der Waals surface area (Å²) in [6, 6.07) is 8.21. The van der Waals surface area contributed by atoms with Crippen molar-refractivity contribution in [2.24, 2.45) is 0 Å². The minimum absolute atomic E-state index is 0.383. The average Bonchev–Trinajstić information content (AvgIpc) is 2.95. The van der Waals surface area contributed by atoms with E-state index in [1.807, 2.05) is 28.9 Å². The van der Waals surface area contributed by atoms with Crippen molar-refractivity contribution in [1.29, 1.82) is 0 Å². The van der Waals surface area contributed by atoms with Crippen LogP contribution in [0.15, 0.2) is 24.3 Å². The van der Waals surface area contributed by atoms with Crippen LogP contribution in [-0.4, -0.2) is 15.0 Å². The fourth-order valence-corrected chi connectivity index (χ4v) is 2.80. The second-order valence-corrected chi connectivity index (χ2v) is 4.87. The van der Waals surface area contributed by atoms with Crippen LogP contribution in [0.4, 0.5) is 0 Å². The first-order valence-corrected chi connectivity index (χ1v) is 6.32. The number of aromatic nitrogens is 2. The Hall–Kier alpha value is -1.35. The molecule has 1 aromatic heterocycles. The SMILES string of the molecule is O=C(Cl)c1nn(C2CCCC2)c2ccccc12. The standard InChI is InChI=1S/C13H13ClN2O/c14-13(17)12-10-7-3-4-8-11(10)16(15-12)9-5-1-2-6-9/h3-4,7-9H,1-2,5-6H2. The lowest BCUT2D eigenvalue weighted by Crippen LogP contribution is -2.07. The van der Waals surface area contributed by atoms with E-state index in [1.54, 1.807) is 0 Å². The van der Waals surface area contributed by atoms with Gasteiger partial charge in [0, 0.05) is 5.39 Å². The van der Waals surface area contributed by atoms with E-state index in [4.69, 9.17) is 11.6 Å². The number of fused-ring (bicyclic) bond motifs is 1. The molecule has 0 unspecified atom stereocenters. The Bertz CT molecular complexity index is 570. The van der Waals surface area contributed by atoms with Crippen LogP contribution in [0.2, 0.25) is 0 Å². The van der Waals surface area contributed by atoms with Crippen molar-refractivity contribution in [2.75, 3.05) is 0 Å². The summed E-state index contributed by atoms with van der Waals surface area (Å²) >= 11 is 5.59. The number of carbonyl (C=O) groups excluding carboxylic acids is 1.